The molecule has 1 aromatic rings. The van der Waals surface area contributed by atoms with Crippen LogP contribution in [0.25, 0.3) is 0 Å². The van der Waals surface area contributed by atoms with Crippen LogP contribution >= 0.6 is 0 Å². The van der Waals surface area contributed by atoms with Gasteiger partial charge in [0.25, 0.3) is 5.91 Å². The van der Waals surface area contributed by atoms with Crippen molar-refractivity contribution >= 4 is 5.91 Å². The number of rotatable bonds is 2. The molecule has 134 valence electrons. The number of hydrogen-bond acceptors (Lipinski definition) is 4. The number of alkyl halides is 3. The number of halogens is 3. The summed E-state index contributed by atoms with van der Waals surface area (Å²) in [6.45, 7) is 5.28. The molecule has 1 fully saturated rings. The molecule has 1 amide bonds. The molecule has 0 spiro atoms. The molecule has 0 radical (unpaired) electrons. The zero-order valence-electron chi connectivity index (χ0n) is 13.9. The highest BCUT2D eigenvalue weighted by atomic mass is 19.4. The third-order valence-corrected chi connectivity index (χ3v) is 3.80. The van der Waals surface area contributed by atoms with Crippen LogP contribution in [0.2, 0.25) is 0 Å². The fraction of sp³-hybridized carbons (Fsp3) is 0.625. The summed E-state index contributed by atoms with van der Waals surface area (Å²) in [5.74, 6) is -0.0434. The Bertz CT molecular complexity index is 586. The molecular formula is C16H21F3N2O3. The first kappa shape index (κ1) is 18.5. The van der Waals surface area contributed by atoms with Gasteiger partial charge in [0.2, 0.25) is 5.88 Å². The molecule has 2 heterocycles. The van der Waals surface area contributed by atoms with Gasteiger partial charge in [0, 0.05) is 38.2 Å². The predicted octanol–water partition coefficient (Wildman–Crippen LogP) is 2.79. The second-order valence-electron chi connectivity index (χ2n) is 6.92. The molecule has 1 aliphatic rings. The maximum absolute atomic E-state index is 12.8. The van der Waals surface area contributed by atoms with Gasteiger partial charge in [-0.1, -0.05) is 0 Å². The van der Waals surface area contributed by atoms with Crippen LogP contribution in [0.5, 0.6) is 5.88 Å². The highest BCUT2D eigenvalue weighted by Crippen LogP contribution is 2.38. The summed E-state index contributed by atoms with van der Waals surface area (Å²) in [5, 5.41) is 9.63. The van der Waals surface area contributed by atoms with Crippen LogP contribution in [0.3, 0.4) is 0 Å². The number of aliphatic hydroxyl groups is 1. The Balaban J connectivity index is 2.01. The molecule has 0 atom stereocenters. The number of ether oxygens (including phenoxy) is 1. The largest absolute Gasteiger partial charge is 0.472 e. The summed E-state index contributed by atoms with van der Waals surface area (Å²) in [4.78, 5) is 17.7. The average molecular weight is 346 g/mol. The van der Waals surface area contributed by atoms with E-state index in [0.29, 0.717) is 5.88 Å². The molecule has 0 bridgehead atoms. The summed E-state index contributed by atoms with van der Waals surface area (Å²) in [7, 11) is 0. The maximum Gasteiger partial charge on any atom is 0.417 e. The zero-order chi connectivity index (χ0) is 18.2. The van der Waals surface area contributed by atoms with Crippen LogP contribution < -0.4 is 4.74 Å². The Labute approximate surface area is 138 Å². The third kappa shape index (κ3) is 4.17. The molecule has 2 rings (SSSR count). The monoisotopic (exact) mass is 346 g/mol. The summed E-state index contributed by atoms with van der Waals surface area (Å²) in [6, 6.07) is 3.08. The molecule has 5 nitrogen and oxygen atoms in total. The van der Waals surface area contributed by atoms with Crippen molar-refractivity contribution in [3.05, 3.63) is 23.9 Å². The SMILES string of the molecule is CC(C)(C)Oc1ccc(C(=O)N2CCC(O)(C(F)(F)F)CC2)cn1. The van der Waals surface area contributed by atoms with Crippen molar-refractivity contribution in [3.63, 3.8) is 0 Å². The molecule has 1 N–H and O–H groups in total. The van der Waals surface area contributed by atoms with E-state index in [9.17, 15) is 23.1 Å². The Hall–Kier alpha value is -1.83. The molecule has 1 aliphatic heterocycles. The van der Waals surface area contributed by atoms with Crippen LogP contribution in [-0.4, -0.2) is 51.4 Å². The quantitative estimate of drug-likeness (QED) is 0.894. The number of piperidine rings is 1. The van der Waals surface area contributed by atoms with Crippen LogP contribution in [0.1, 0.15) is 44.0 Å². The van der Waals surface area contributed by atoms with E-state index < -0.39 is 36.1 Å². The van der Waals surface area contributed by atoms with Crippen molar-refractivity contribution in [2.45, 2.75) is 51.0 Å². The van der Waals surface area contributed by atoms with Crippen LogP contribution in [-0.2, 0) is 0 Å². The molecule has 0 unspecified atom stereocenters. The van der Waals surface area contributed by atoms with E-state index in [1.165, 1.54) is 17.2 Å². The number of carbonyl (C=O) groups excluding carboxylic acids is 1. The third-order valence-electron chi connectivity index (χ3n) is 3.80. The number of carbonyl (C=O) groups is 1. The van der Waals surface area contributed by atoms with Gasteiger partial charge < -0.3 is 14.7 Å². The Kier molecular flexibility index (Phi) is 4.81. The lowest BCUT2D eigenvalue weighted by Gasteiger charge is -2.39. The summed E-state index contributed by atoms with van der Waals surface area (Å²) in [6.07, 6.45) is -4.40. The maximum atomic E-state index is 12.8. The van der Waals surface area contributed by atoms with E-state index in [2.05, 4.69) is 4.98 Å². The van der Waals surface area contributed by atoms with E-state index in [0.717, 1.165) is 0 Å². The Morgan fingerprint density at radius 1 is 1.25 bits per heavy atom. The van der Waals surface area contributed by atoms with Crippen LogP contribution in [0.4, 0.5) is 13.2 Å². The van der Waals surface area contributed by atoms with Gasteiger partial charge in [0.1, 0.15) is 5.60 Å². The fourth-order valence-corrected chi connectivity index (χ4v) is 2.43. The summed E-state index contributed by atoms with van der Waals surface area (Å²) < 4.78 is 43.9. The topological polar surface area (TPSA) is 62.7 Å². The van der Waals surface area contributed by atoms with Gasteiger partial charge in [-0.25, -0.2) is 4.98 Å². The minimum Gasteiger partial charge on any atom is -0.472 e. The molecule has 8 heteroatoms. The molecule has 1 aromatic heterocycles. The first-order valence-corrected chi connectivity index (χ1v) is 7.65. The fourth-order valence-electron chi connectivity index (χ4n) is 2.43. The summed E-state index contributed by atoms with van der Waals surface area (Å²) >= 11 is 0. The molecule has 0 aliphatic carbocycles. The lowest BCUT2D eigenvalue weighted by molar-refractivity contribution is -0.271. The standard InChI is InChI=1S/C16H21F3N2O3/c1-14(2,3)24-12-5-4-11(10-20-12)13(22)21-8-6-15(23,7-9-21)16(17,18)19/h4-5,10,23H,6-9H2,1-3H3. The number of hydrogen-bond donors (Lipinski definition) is 1. The smallest absolute Gasteiger partial charge is 0.417 e. The first-order chi connectivity index (χ1) is 10.9. The van der Waals surface area contributed by atoms with E-state index in [-0.39, 0.29) is 18.7 Å². The van der Waals surface area contributed by atoms with E-state index >= 15 is 0 Å². The second-order valence-corrected chi connectivity index (χ2v) is 6.92. The van der Waals surface area contributed by atoms with Gasteiger partial charge in [-0.3, -0.25) is 4.79 Å². The van der Waals surface area contributed by atoms with Crippen molar-refractivity contribution in [1.29, 1.82) is 0 Å². The molecule has 1 saturated heterocycles. The number of pyridine rings is 1. The Morgan fingerprint density at radius 2 is 1.83 bits per heavy atom. The number of aromatic nitrogens is 1. The number of likely N-dealkylation sites (tertiary alicyclic amines) is 1. The van der Waals surface area contributed by atoms with Crippen molar-refractivity contribution < 1.29 is 27.8 Å². The minimum absolute atomic E-state index is 0.158. The lowest BCUT2D eigenvalue weighted by Crippen LogP contribution is -2.54. The zero-order valence-corrected chi connectivity index (χ0v) is 13.9. The van der Waals surface area contributed by atoms with Crippen LogP contribution in [0, 0.1) is 0 Å². The van der Waals surface area contributed by atoms with E-state index in [1.807, 2.05) is 20.8 Å². The molecule has 24 heavy (non-hydrogen) atoms. The van der Waals surface area contributed by atoms with Gasteiger partial charge in [-0.15, -0.1) is 0 Å². The van der Waals surface area contributed by atoms with Crippen LogP contribution in [0.15, 0.2) is 18.3 Å². The van der Waals surface area contributed by atoms with Gasteiger partial charge in [0.05, 0.1) is 5.56 Å². The normalized spacial score (nSPS) is 18.4. The molecule has 0 saturated carbocycles. The second kappa shape index (κ2) is 6.23. The predicted molar refractivity (Wildman–Crippen MR) is 80.8 cm³/mol. The van der Waals surface area contributed by atoms with Crippen molar-refractivity contribution in [3.8, 4) is 5.88 Å². The van der Waals surface area contributed by atoms with Crippen molar-refractivity contribution in [2.75, 3.05) is 13.1 Å². The highest BCUT2D eigenvalue weighted by molar-refractivity contribution is 5.94. The van der Waals surface area contributed by atoms with Crippen molar-refractivity contribution in [1.82, 2.24) is 9.88 Å². The van der Waals surface area contributed by atoms with Crippen molar-refractivity contribution in [2.24, 2.45) is 0 Å². The van der Waals surface area contributed by atoms with Gasteiger partial charge in [-0.2, -0.15) is 13.2 Å². The minimum atomic E-state index is -4.68. The number of amides is 1. The van der Waals surface area contributed by atoms with E-state index in [1.54, 1.807) is 6.07 Å². The lowest BCUT2D eigenvalue weighted by atomic mass is 9.90. The highest BCUT2D eigenvalue weighted by Gasteiger charge is 2.54. The van der Waals surface area contributed by atoms with Gasteiger partial charge >= 0.3 is 6.18 Å². The van der Waals surface area contributed by atoms with Gasteiger partial charge in [0.15, 0.2) is 5.60 Å². The van der Waals surface area contributed by atoms with Gasteiger partial charge in [-0.05, 0) is 26.8 Å². The summed E-state index contributed by atoms with van der Waals surface area (Å²) in [5.41, 5.74) is -2.87. The Morgan fingerprint density at radius 3 is 2.25 bits per heavy atom. The first-order valence-electron chi connectivity index (χ1n) is 7.65. The number of nitrogens with zero attached hydrogens (tertiary/aromatic N) is 2. The molecule has 0 aromatic carbocycles. The van der Waals surface area contributed by atoms with E-state index in [4.69, 9.17) is 4.74 Å². The molecular weight excluding hydrogens is 325 g/mol. The average Bonchev–Trinajstić information content (AvgIpc) is 2.45.